The summed E-state index contributed by atoms with van der Waals surface area (Å²) < 4.78 is 1.50. The molecule has 4 nitrogen and oxygen atoms in total. The number of carbonyl (C=O) groups is 1. The van der Waals surface area contributed by atoms with Crippen molar-refractivity contribution < 1.29 is 9.90 Å². The second-order valence-corrected chi connectivity index (χ2v) is 3.11. The van der Waals surface area contributed by atoms with Gasteiger partial charge in [-0.3, -0.25) is 4.68 Å². The average molecular weight is 181 g/mol. The molecular weight excluding hydrogens is 168 g/mol. The molecule has 0 aliphatic heterocycles. The van der Waals surface area contributed by atoms with Crippen LogP contribution in [0.1, 0.15) is 30.8 Å². The standard InChI is InChI=1S/C9H14N2O2/c1-4-8(9(12)13)11-7(3)5-6(2)10-11/h5,8H,4H2,1-3H3,(H,12,13)/p-1/t8-/m1/s1. The number of hydrogen-bond acceptors (Lipinski definition) is 3. The van der Waals surface area contributed by atoms with Gasteiger partial charge in [0.25, 0.3) is 0 Å². The molecule has 1 aromatic heterocycles. The Balaban J connectivity index is 3.04. The van der Waals surface area contributed by atoms with Crippen LogP contribution in [0.2, 0.25) is 0 Å². The van der Waals surface area contributed by atoms with Crippen LogP contribution in [0.4, 0.5) is 0 Å². The Morgan fingerprint density at radius 2 is 2.31 bits per heavy atom. The van der Waals surface area contributed by atoms with Gasteiger partial charge in [-0.2, -0.15) is 5.10 Å². The van der Waals surface area contributed by atoms with Crippen LogP contribution < -0.4 is 5.11 Å². The predicted octanol–water partition coefficient (Wildman–Crippen LogP) is 0.201. The zero-order chi connectivity index (χ0) is 10.0. The fourth-order valence-electron chi connectivity index (χ4n) is 1.40. The number of carboxylic acids is 1. The lowest BCUT2D eigenvalue weighted by Crippen LogP contribution is -2.34. The summed E-state index contributed by atoms with van der Waals surface area (Å²) in [5.41, 5.74) is 1.69. The SMILES string of the molecule is CC[C@H](C(=O)[O-])n1nc(C)cc1C. The Kier molecular flexibility index (Phi) is 2.70. The van der Waals surface area contributed by atoms with Gasteiger partial charge in [0.05, 0.1) is 17.7 Å². The lowest BCUT2D eigenvalue weighted by Gasteiger charge is -2.17. The van der Waals surface area contributed by atoms with Crippen LogP contribution in [-0.4, -0.2) is 15.7 Å². The third-order valence-electron chi connectivity index (χ3n) is 2.00. The van der Waals surface area contributed by atoms with Crippen LogP contribution in [0.25, 0.3) is 0 Å². The van der Waals surface area contributed by atoms with Gasteiger partial charge in [-0.1, -0.05) is 6.92 Å². The average Bonchev–Trinajstić information content (AvgIpc) is 2.31. The molecule has 1 atom stereocenters. The Hall–Kier alpha value is -1.32. The Labute approximate surface area is 77.2 Å². The number of aliphatic carboxylic acids is 1. The van der Waals surface area contributed by atoms with Crippen molar-refractivity contribution in [1.29, 1.82) is 0 Å². The molecule has 0 saturated heterocycles. The minimum absolute atomic E-state index is 0.490. The normalized spacial score (nSPS) is 12.8. The van der Waals surface area contributed by atoms with E-state index in [1.54, 1.807) is 6.92 Å². The zero-order valence-corrected chi connectivity index (χ0v) is 8.07. The fourth-order valence-corrected chi connectivity index (χ4v) is 1.40. The van der Waals surface area contributed by atoms with E-state index < -0.39 is 12.0 Å². The highest BCUT2D eigenvalue weighted by molar-refractivity contribution is 5.69. The van der Waals surface area contributed by atoms with Gasteiger partial charge in [-0.15, -0.1) is 0 Å². The number of aromatic nitrogens is 2. The molecule has 0 amide bonds. The maximum Gasteiger partial charge on any atom is 0.0912 e. The molecule has 0 aromatic carbocycles. The van der Waals surface area contributed by atoms with Crippen molar-refractivity contribution in [2.75, 3.05) is 0 Å². The lowest BCUT2D eigenvalue weighted by molar-refractivity contribution is -0.310. The van der Waals surface area contributed by atoms with Gasteiger partial charge in [0, 0.05) is 5.69 Å². The first kappa shape index (κ1) is 9.77. The molecule has 0 N–H and O–H groups in total. The van der Waals surface area contributed by atoms with Gasteiger partial charge in [-0.05, 0) is 26.3 Å². The minimum Gasteiger partial charge on any atom is -0.548 e. The van der Waals surface area contributed by atoms with Gasteiger partial charge in [0.1, 0.15) is 0 Å². The summed E-state index contributed by atoms with van der Waals surface area (Å²) in [6.45, 7) is 5.48. The van der Waals surface area contributed by atoms with Crippen molar-refractivity contribution in [3.63, 3.8) is 0 Å². The first-order chi connectivity index (χ1) is 6.06. The van der Waals surface area contributed by atoms with Gasteiger partial charge in [0.15, 0.2) is 0 Å². The van der Waals surface area contributed by atoms with Crippen LogP contribution in [0.15, 0.2) is 6.07 Å². The lowest BCUT2D eigenvalue weighted by atomic mass is 10.2. The molecule has 1 rings (SSSR count). The fraction of sp³-hybridized carbons (Fsp3) is 0.556. The second-order valence-electron chi connectivity index (χ2n) is 3.11. The van der Waals surface area contributed by atoms with Crippen molar-refractivity contribution in [2.45, 2.75) is 33.2 Å². The molecule has 0 radical (unpaired) electrons. The molecule has 4 heteroatoms. The third kappa shape index (κ3) is 1.88. The van der Waals surface area contributed by atoms with Crippen LogP contribution >= 0.6 is 0 Å². The Bertz CT molecular complexity index is 317. The van der Waals surface area contributed by atoms with Crippen LogP contribution in [0.5, 0.6) is 0 Å². The maximum absolute atomic E-state index is 10.7. The summed E-state index contributed by atoms with van der Waals surface area (Å²) in [4.78, 5) is 10.7. The van der Waals surface area contributed by atoms with E-state index in [4.69, 9.17) is 0 Å². The maximum atomic E-state index is 10.7. The third-order valence-corrected chi connectivity index (χ3v) is 2.00. The summed E-state index contributed by atoms with van der Waals surface area (Å²) in [6.07, 6.45) is 0.490. The number of carbonyl (C=O) groups excluding carboxylic acids is 1. The molecule has 0 bridgehead atoms. The first-order valence-electron chi connectivity index (χ1n) is 4.30. The Morgan fingerprint density at radius 1 is 1.69 bits per heavy atom. The predicted molar refractivity (Wildman–Crippen MR) is 46.0 cm³/mol. The van der Waals surface area contributed by atoms with Crippen molar-refractivity contribution >= 4 is 5.97 Å². The van der Waals surface area contributed by atoms with Crippen molar-refractivity contribution in [3.05, 3.63) is 17.5 Å². The number of nitrogens with zero attached hydrogens (tertiary/aromatic N) is 2. The molecule has 0 aliphatic rings. The quantitative estimate of drug-likeness (QED) is 0.669. The van der Waals surface area contributed by atoms with Gasteiger partial charge >= 0.3 is 0 Å². The minimum atomic E-state index is -1.08. The molecular formula is C9H13N2O2-. The molecule has 1 aromatic rings. The summed E-state index contributed by atoms with van der Waals surface area (Å²) in [5.74, 6) is -1.08. The van der Waals surface area contributed by atoms with E-state index in [-0.39, 0.29) is 0 Å². The molecule has 0 saturated carbocycles. The monoisotopic (exact) mass is 181 g/mol. The van der Waals surface area contributed by atoms with E-state index in [9.17, 15) is 9.90 Å². The number of rotatable bonds is 3. The van der Waals surface area contributed by atoms with E-state index in [2.05, 4.69) is 5.10 Å². The van der Waals surface area contributed by atoms with Crippen LogP contribution in [-0.2, 0) is 4.79 Å². The van der Waals surface area contributed by atoms with Crippen LogP contribution in [0, 0.1) is 13.8 Å². The van der Waals surface area contributed by atoms with E-state index in [1.807, 2.05) is 19.9 Å². The Morgan fingerprint density at radius 3 is 2.62 bits per heavy atom. The number of aryl methyl sites for hydroxylation is 2. The summed E-state index contributed by atoms with van der Waals surface area (Å²) in [5, 5.41) is 14.8. The van der Waals surface area contributed by atoms with Crippen molar-refractivity contribution in [1.82, 2.24) is 9.78 Å². The summed E-state index contributed by atoms with van der Waals surface area (Å²) in [6, 6.07) is 1.21. The summed E-state index contributed by atoms with van der Waals surface area (Å²) >= 11 is 0. The van der Waals surface area contributed by atoms with E-state index in [0.29, 0.717) is 6.42 Å². The van der Waals surface area contributed by atoms with Crippen molar-refractivity contribution in [3.8, 4) is 0 Å². The highest BCUT2D eigenvalue weighted by Gasteiger charge is 2.12. The van der Waals surface area contributed by atoms with Crippen molar-refractivity contribution in [2.24, 2.45) is 0 Å². The summed E-state index contributed by atoms with van der Waals surface area (Å²) in [7, 11) is 0. The molecule has 0 fully saturated rings. The molecule has 0 aliphatic carbocycles. The topological polar surface area (TPSA) is 57.9 Å². The van der Waals surface area contributed by atoms with E-state index in [0.717, 1.165) is 11.4 Å². The molecule has 1 heterocycles. The largest absolute Gasteiger partial charge is 0.548 e. The molecule has 72 valence electrons. The highest BCUT2D eigenvalue weighted by Crippen LogP contribution is 2.13. The molecule has 13 heavy (non-hydrogen) atoms. The van der Waals surface area contributed by atoms with Gasteiger partial charge in [-0.25, -0.2) is 0 Å². The first-order valence-corrected chi connectivity index (χ1v) is 4.30. The van der Waals surface area contributed by atoms with Gasteiger partial charge in [0.2, 0.25) is 0 Å². The second kappa shape index (κ2) is 3.60. The smallest absolute Gasteiger partial charge is 0.0912 e. The van der Waals surface area contributed by atoms with E-state index >= 15 is 0 Å². The highest BCUT2D eigenvalue weighted by atomic mass is 16.4. The molecule has 0 unspecified atom stereocenters. The number of carboxylic acid groups (broad SMARTS) is 1. The van der Waals surface area contributed by atoms with E-state index in [1.165, 1.54) is 4.68 Å². The zero-order valence-electron chi connectivity index (χ0n) is 8.07. The van der Waals surface area contributed by atoms with Gasteiger partial charge < -0.3 is 9.90 Å². The van der Waals surface area contributed by atoms with Crippen LogP contribution in [0.3, 0.4) is 0 Å². The number of hydrogen-bond donors (Lipinski definition) is 0. The molecule has 0 spiro atoms.